The predicted octanol–water partition coefficient (Wildman–Crippen LogP) is 4.97. The first-order valence-corrected chi connectivity index (χ1v) is 9.42. The van der Waals surface area contributed by atoms with E-state index in [2.05, 4.69) is 5.10 Å². The second kappa shape index (κ2) is 9.35. The molecule has 0 aliphatic carbocycles. The van der Waals surface area contributed by atoms with Gasteiger partial charge in [0, 0.05) is 24.4 Å². The van der Waals surface area contributed by atoms with Crippen LogP contribution in [0.1, 0.15) is 34.1 Å². The molecule has 1 aromatic heterocycles. The van der Waals surface area contributed by atoms with Crippen molar-refractivity contribution in [2.24, 2.45) is 0 Å². The van der Waals surface area contributed by atoms with Crippen LogP contribution in [0.15, 0.2) is 48.7 Å². The molecule has 0 aliphatic rings. The minimum atomic E-state index is -0.779. The molecule has 0 radical (unpaired) electrons. The fourth-order valence-electron chi connectivity index (χ4n) is 2.95. The Morgan fingerprint density at radius 3 is 2.60 bits per heavy atom. The van der Waals surface area contributed by atoms with Crippen LogP contribution in [0.2, 0.25) is 0 Å². The second-order valence-electron chi connectivity index (χ2n) is 6.62. The molecule has 3 aromatic rings. The summed E-state index contributed by atoms with van der Waals surface area (Å²) < 4.78 is 39.4. The lowest BCUT2D eigenvalue weighted by molar-refractivity contribution is 0.104. The first kappa shape index (κ1) is 21.2. The summed E-state index contributed by atoms with van der Waals surface area (Å²) >= 11 is 0. The van der Waals surface area contributed by atoms with Gasteiger partial charge in [0.25, 0.3) is 0 Å². The van der Waals surface area contributed by atoms with Crippen LogP contribution >= 0.6 is 0 Å². The zero-order chi connectivity index (χ0) is 21.7. The third kappa shape index (κ3) is 4.92. The molecule has 0 saturated carbocycles. The summed E-state index contributed by atoms with van der Waals surface area (Å²) in [6.07, 6.45) is 4.90. The molecule has 0 saturated heterocycles. The molecule has 0 unspecified atom stereocenters. The Hall–Kier alpha value is -3.48. The highest BCUT2D eigenvalue weighted by molar-refractivity contribution is 6.07. The molecule has 30 heavy (non-hydrogen) atoms. The zero-order valence-corrected chi connectivity index (χ0v) is 17.0. The number of ketones is 1. The first-order valence-electron chi connectivity index (χ1n) is 9.42. The minimum Gasteiger partial charge on any atom is -0.496 e. The number of carbonyl (C=O) groups is 1. The van der Waals surface area contributed by atoms with Crippen molar-refractivity contribution in [1.29, 1.82) is 0 Å². The van der Waals surface area contributed by atoms with Gasteiger partial charge < -0.3 is 9.47 Å². The van der Waals surface area contributed by atoms with Crippen LogP contribution in [0, 0.1) is 18.6 Å². The molecule has 1 heterocycles. The predicted molar refractivity (Wildman–Crippen MR) is 110 cm³/mol. The van der Waals surface area contributed by atoms with Gasteiger partial charge in [-0.2, -0.15) is 5.10 Å². The molecule has 0 spiro atoms. The fraction of sp³-hybridized carbons (Fsp3) is 0.217. The van der Waals surface area contributed by atoms with Crippen molar-refractivity contribution in [2.75, 3.05) is 7.11 Å². The Labute approximate surface area is 173 Å². The summed E-state index contributed by atoms with van der Waals surface area (Å²) in [7, 11) is 1.52. The van der Waals surface area contributed by atoms with Gasteiger partial charge in [-0.1, -0.05) is 12.1 Å². The molecule has 0 amide bonds. The van der Waals surface area contributed by atoms with Crippen LogP contribution in [0.25, 0.3) is 6.08 Å². The van der Waals surface area contributed by atoms with Crippen molar-refractivity contribution in [3.05, 3.63) is 82.7 Å². The second-order valence-corrected chi connectivity index (χ2v) is 6.62. The Balaban J connectivity index is 1.77. The molecule has 0 atom stereocenters. The summed E-state index contributed by atoms with van der Waals surface area (Å²) in [6.45, 7) is 4.46. The zero-order valence-electron chi connectivity index (χ0n) is 17.0. The lowest BCUT2D eigenvalue weighted by atomic mass is 10.1. The number of aryl methyl sites for hydroxylation is 2. The van der Waals surface area contributed by atoms with Crippen molar-refractivity contribution in [1.82, 2.24) is 9.78 Å². The fourth-order valence-corrected chi connectivity index (χ4v) is 2.95. The number of benzene rings is 2. The molecule has 3 rings (SSSR count). The number of rotatable bonds is 8. The Morgan fingerprint density at radius 1 is 1.17 bits per heavy atom. The van der Waals surface area contributed by atoms with E-state index in [9.17, 15) is 13.6 Å². The SMILES string of the molecule is CCn1cc(C(=O)/C=C/c2ccc(OC)c(COc3ccc(F)cc3F)c2)c(C)n1. The van der Waals surface area contributed by atoms with Gasteiger partial charge in [0.15, 0.2) is 17.3 Å². The monoisotopic (exact) mass is 412 g/mol. The van der Waals surface area contributed by atoms with Crippen LogP contribution in [-0.2, 0) is 13.2 Å². The van der Waals surface area contributed by atoms with E-state index < -0.39 is 11.6 Å². The number of nitrogens with zero attached hydrogens (tertiary/aromatic N) is 2. The van der Waals surface area contributed by atoms with E-state index in [1.807, 2.05) is 6.92 Å². The van der Waals surface area contributed by atoms with Crippen LogP contribution in [-0.4, -0.2) is 22.7 Å². The average molecular weight is 412 g/mol. The summed E-state index contributed by atoms with van der Waals surface area (Å²) in [5, 5.41) is 4.28. The van der Waals surface area contributed by atoms with Gasteiger partial charge in [-0.05, 0) is 49.8 Å². The van der Waals surface area contributed by atoms with Crippen LogP contribution in [0.3, 0.4) is 0 Å². The topological polar surface area (TPSA) is 53.4 Å². The van der Waals surface area contributed by atoms with E-state index >= 15 is 0 Å². The maximum atomic E-state index is 13.8. The van der Waals surface area contributed by atoms with E-state index in [0.29, 0.717) is 29.1 Å². The summed E-state index contributed by atoms with van der Waals surface area (Å²) in [4.78, 5) is 12.5. The minimum absolute atomic E-state index is 0.0176. The third-order valence-electron chi connectivity index (χ3n) is 4.54. The number of aromatic nitrogens is 2. The van der Waals surface area contributed by atoms with Crippen molar-refractivity contribution in [3.8, 4) is 11.5 Å². The molecular formula is C23H22F2N2O3. The van der Waals surface area contributed by atoms with Crippen molar-refractivity contribution < 1.29 is 23.0 Å². The molecule has 0 N–H and O–H groups in total. The number of halogens is 2. The van der Waals surface area contributed by atoms with E-state index in [1.54, 1.807) is 42.1 Å². The molecule has 2 aromatic carbocycles. The van der Waals surface area contributed by atoms with Gasteiger partial charge in [-0.25, -0.2) is 8.78 Å². The van der Waals surface area contributed by atoms with E-state index in [0.717, 1.165) is 17.7 Å². The molecule has 0 aliphatic heterocycles. The lowest BCUT2D eigenvalue weighted by Gasteiger charge is -2.12. The third-order valence-corrected chi connectivity index (χ3v) is 4.54. The molecule has 7 heteroatoms. The number of carbonyl (C=O) groups excluding carboxylic acids is 1. The highest BCUT2D eigenvalue weighted by Gasteiger charge is 2.11. The highest BCUT2D eigenvalue weighted by atomic mass is 19.1. The van der Waals surface area contributed by atoms with Gasteiger partial charge in [0.2, 0.25) is 0 Å². The maximum Gasteiger partial charge on any atom is 0.189 e. The quantitative estimate of drug-likeness (QED) is 0.387. The van der Waals surface area contributed by atoms with Crippen molar-refractivity contribution in [2.45, 2.75) is 27.0 Å². The Bertz CT molecular complexity index is 1090. The van der Waals surface area contributed by atoms with Crippen LogP contribution < -0.4 is 9.47 Å². The highest BCUT2D eigenvalue weighted by Crippen LogP contribution is 2.24. The normalized spacial score (nSPS) is 11.1. The maximum absolute atomic E-state index is 13.8. The van der Waals surface area contributed by atoms with Crippen molar-refractivity contribution >= 4 is 11.9 Å². The lowest BCUT2D eigenvalue weighted by Crippen LogP contribution is -2.01. The van der Waals surface area contributed by atoms with Gasteiger partial charge in [0.1, 0.15) is 18.2 Å². The van der Waals surface area contributed by atoms with Gasteiger partial charge in [0.05, 0.1) is 18.4 Å². The van der Waals surface area contributed by atoms with Crippen LogP contribution in [0.4, 0.5) is 8.78 Å². The van der Waals surface area contributed by atoms with Gasteiger partial charge >= 0.3 is 0 Å². The molecule has 5 nitrogen and oxygen atoms in total. The van der Waals surface area contributed by atoms with E-state index in [-0.39, 0.29) is 18.1 Å². The summed E-state index contributed by atoms with van der Waals surface area (Å²) in [5.41, 5.74) is 2.64. The number of hydrogen-bond donors (Lipinski definition) is 0. The van der Waals surface area contributed by atoms with Gasteiger partial charge in [-0.3, -0.25) is 9.48 Å². The average Bonchev–Trinajstić information content (AvgIpc) is 3.12. The van der Waals surface area contributed by atoms with Crippen molar-refractivity contribution in [3.63, 3.8) is 0 Å². The first-order chi connectivity index (χ1) is 14.4. The Morgan fingerprint density at radius 2 is 1.93 bits per heavy atom. The smallest absolute Gasteiger partial charge is 0.189 e. The molecule has 156 valence electrons. The Kier molecular flexibility index (Phi) is 6.61. The number of ether oxygens (including phenoxy) is 2. The summed E-state index contributed by atoms with van der Waals surface area (Å²) in [5.74, 6) is -1.10. The van der Waals surface area contributed by atoms with Gasteiger partial charge in [-0.15, -0.1) is 0 Å². The van der Waals surface area contributed by atoms with E-state index in [4.69, 9.17) is 9.47 Å². The van der Waals surface area contributed by atoms with Crippen LogP contribution in [0.5, 0.6) is 11.5 Å². The summed E-state index contributed by atoms with van der Waals surface area (Å²) in [6, 6.07) is 8.45. The number of hydrogen-bond acceptors (Lipinski definition) is 4. The molecular weight excluding hydrogens is 390 g/mol. The van der Waals surface area contributed by atoms with E-state index in [1.165, 1.54) is 19.3 Å². The number of methoxy groups -OCH3 is 1. The molecule has 0 bridgehead atoms. The largest absolute Gasteiger partial charge is 0.496 e. The number of allylic oxidation sites excluding steroid dienone is 1. The standard InChI is InChI=1S/C23H22F2N2O3/c1-4-27-13-19(15(2)26-27)21(28)8-5-16-6-9-22(29-3)17(11-16)14-30-23-10-7-18(24)12-20(23)25/h5-13H,4,14H2,1-3H3/b8-5+. The molecule has 0 fully saturated rings.